The van der Waals surface area contributed by atoms with E-state index in [0.29, 0.717) is 11.5 Å². The van der Waals surface area contributed by atoms with E-state index >= 15 is 0 Å². The quantitative estimate of drug-likeness (QED) is 0.386. The summed E-state index contributed by atoms with van der Waals surface area (Å²) >= 11 is 1.61. The Labute approximate surface area is 178 Å². The van der Waals surface area contributed by atoms with Gasteiger partial charge in [-0.25, -0.2) is 9.97 Å². The first kappa shape index (κ1) is 18.5. The van der Waals surface area contributed by atoms with E-state index in [4.69, 9.17) is 4.98 Å². The molecule has 2 aromatic carbocycles. The van der Waals surface area contributed by atoms with Gasteiger partial charge in [-0.05, 0) is 42.1 Å². The first-order valence-electron chi connectivity index (χ1n) is 9.95. The summed E-state index contributed by atoms with van der Waals surface area (Å²) in [6.45, 7) is 2.90. The number of nitrogens with zero attached hydrogens (tertiary/aromatic N) is 3. The van der Waals surface area contributed by atoms with E-state index in [2.05, 4.69) is 21.8 Å². The first-order chi connectivity index (χ1) is 14.7. The molecule has 5 aromatic rings. The molecule has 0 atom stereocenters. The van der Waals surface area contributed by atoms with Gasteiger partial charge >= 0.3 is 0 Å². The van der Waals surface area contributed by atoms with Crippen molar-refractivity contribution >= 4 is 45.1 Å². The van der Waals surface area contributed by atoms with Gasteiger partial charge in [-0.15, -0.1) is 11.3 Å². The fourth-order valence-corrected chi connectivity index (χ4v) is 4.39. The zero-order valence-electron chi connectivity index (χ0n) is 16.5. The standard InChI is InChI=1S/C24H20N4OS/c1-2-13-28-21-11-6-5-10-19(21)26-24(28)27-23(29)17-15-20(22-12-7-14-30-22)25-18-9-4-3-8-16(17)18/h3-12,14-15H,2,13H2,1H3,(H,26,27,29). The summed E-state index contributed by atoms with van der Waals surface area (Å²) < 4.78 is 2.07. The van der Waals surface area contributed by atoms with Crippen LogP contribution in [0.3, 0.4) is 0 Å². The van der Waals surface area contributed by atoms with Gasteiger partial charge in [-0.2, -0.15) is 0 Å². The Bertz CT molecular complexity index is 1350. The van der Waals surface area contributed by atoms with Crippen molar-refractivity contribution in [3.05, 3.63) is 77.7 Å². The number of amides is 1. The summed E-state index contributed by atoms with van der Waals surface area (Å²) in [6.07, 6.45) is 0.948. The molecule has 1 N–H and O–H groups in total. The van der Waals surface area contributed by atoms with E-state index in [1.54, 1.807) is 11.3 Å². The Balaban J connectivity index is 1.60. The predicted octanol–water partition coefficient (Wildman–Crippen LogP) is 5.98. The summed E-state index contributed by atoms with van der Waals surface area (Å²) in [5.74, 6) is 0.390. The van der Waals surface area contributed by atoms with Crippen LogP contribution >= 0.6 is 11.3 Å². The molecule has 0 aliphatic heterocycles. The van der Waals surface area contributed by atoms with Crippen molar-refractivity contribution in [2.24, 2.45) is 0 Å². The van der Waals surface area contributed by atoms with Crippen LogP contribution in [0.4, 0.5) is 5.95 Å². The van der Waals surface area contributed by atoms with Crippen molar-refractivity contribution < 1.29 is 4.79 Å². The monoisotopic (exact) mass is 412 g/mol. The van der Waals surface area contributed by atoms with Gasteiger partial charge in [0.25, 0.3) is 5.91 Å². The lowest BCUT2D eigenvalue weighted by Gasteiger charge is -2.11. The average Bonchev–Trinajstić information content (AvgIpc) is 3.42. The van der Waals surface area contributed by atoms with Crippen LogP contribution in [-0.2, 0) is 6.54 Å². The molecule has 0 fully saturated rings. The molecule has 3 heterocycles. The average molecular weight is 413 g/mol. The maximum Gasteiger partial charge on any atom is 0.258 e. The summed E-state index contributed by atoms with van der Waals surface area (Å²) in [7, 11) is 0. The number of nitrogens with one attached hydrogen (secondary N) is 1. The third-order valence-electron chi connectivity index (χ3n) is 5.06. The maximum atomic E-state index is 13.4. The molecular weight excluding hydrogens is 392 g/mol. The molecule has 30 heavy (non-hydrogen) atoms. The zero-order valence-corrected chi connectivity index (χ0v) is 17.3. The molecule has 0 aliphatic carbocycles. The summed E-state index contributed by atoms with van der Waals surface area (Å²) in [6, 6.07) is 21.6. The number of aromatic nitrogens is 3. The molecule has 0 saturated carbocycles. The minimum Gasteiger partial charge on any atom is -0.310 e. The lowest BCUT2D eigenvalue weighted by Crippen LogP contribution is -2.17. The number of pyridine rings is 1. The number of thiophene rings is 1. The Morgan fingerprint density at radius 2 is 1.80 bits per heavy atom. The highest BCUT2D eigenvalue weighted by molar-refractivity contribution is 7.13. The molecule has 3 aromatic heterocycles. The number of anilines is 1. The Morgan fingerprint density at radius 1 is 1.00 bits per heavy atom. The van der Waals surface area contributed by atoms with Crippen LogP contribution in [0, 0.1) is 0 Å². The van der Waals surface area contributed by atoms with E-state index in [0.717, 1.165) is 45.5 Å². The van der Waals surface area contributed by atoms with Crippen LogP contribution in [0.25, 0.3) is 32.5 Å². The lowest BCUT2D eigenvalue weighted by atomic mass is 10.1. The number of carbonyl (C=O) groups is 1. The van der Waals surface area contributed by atoms with Crippen molar-refractivity contribution in [3.8, 4) is 10.6 Å². The molecule has 0 unspecified atom stereocenters. The van der Waals surface area contributed by atoms with Gasteiger partial charge in [0.2, 0.25) is 5.95 Å². The third-order valence-corrected chi connectivity index (χ3v) is 5.95. The summed E-state index contributed by atoms with van der Waals surface area (Å²) in [5, 5.41) is 5.89. The largest absolute Gasteiger partial charge is 0.310 e. The van der Waals surface area contributed by atoms with Crippen LogP contribution in [0.5, 0.6) is 0 Å². The fourth-order valence-electron chi connectivity index (χ4n) is 3.70. The van der Waals surface area contributed by atoms with Gasteiger partial charge in [0.1, 0.15) is 0 Å². The van der Waals surface area contributed by atoms with E-state index in [9.17, 15) is 4.79 Å². The second-order valence-corrected chi connectivity index (χ2v) is 8.03. The number of fused-ring (bicyclic) bond motifs is 2. The third kappa shape index (κ3) is 3.25. The van der Waals surface area contributed by atoms with Crippen LogP contribution in [0.2, 0.25) is 0 Å². The van der Waals surface area contributed by atoms with Gasteiger partial charge in [-0.1, -0.05) is 43.3 Å². The van der Waals surface area contributed by atoms with Gasteiger partial charge in [0.15, 0.2) is 0 Å². The molecular formula is C24H20N4OS. The molecule has 148 valence electrons. The SMILES string of the molecule is CCCn1c(NC(=O)c2cc(-c3cccs3)nc3ccccc23)nc2ccccc21. The topological polar surface area (TPSA) is 59.8 Å². The van der Waals surface area contributed by atoms with Crippen molar-refractivity contribution in [2.45, 2.75) is 19.9 Å². The van der Waals surface area contributed by atoms with Gasteiger partial charge in [-0.3, -0.25) is 10.1 Å². The van der Waals surface area contributed by atoms with Crippen LogP contribution in [0.1, 0.15) is 23.7 Å². The number of carbonyl (C=O) groups excluding carboxylic acids is 1. The number of imidazole rings is 1. The van der Waals surface area contributed by atoms with Crippen molar-refractivity contribution in [3.63, 3.8) is 0 Å². The van der Waals surface area contributed by atoms with Crippen LogP contribution in [-0.4, -0.2) is 20.4 Å². The van der Waals surface area contributed by atoms with Crippen LogP contribution in [0.15, 0.2) is 72.1 Å². The Kier molecular flexibility index (Phi) is 4.77. The molecule has 5 nitrogen and oxygen atoms in total. The van der Waals surface area contributed by atoms with Crippen molar-refractivity contribution in [1.29, 1.82) is 0 Å². The smallest absolute Gasteiger partial charge is 0.258 e. The maximum absolute atomic E-state index is 13.4. The highest BCUT2D eigenvalue weighted by Crippen LogP contribution is 2.29. The second kappa shape index (κ2) is 7.72. The molecule has 6 heteroatoms. The van der Waals surface area contributed by atoms with E-state index in [1.165, 1.54) is 0 Å². The number of hydrogen-bond donors (Lipinski definition) is 1. The number of aryl methyl sites for hydroxylation is 1. The number of hydrogen-bond acceptors (Lipinski definition) is 4. The molecule has 1 amide bonds. The van der Waals surface area contributed by atoms with E-state index in [1.807, 2.05) is 72.1 Å². The number of para-hydroxylation sites is 3. The molecule has 5 rings (SSSR count). The van der Waals surface area contributed by atoms with Gasteiger partial charge in [0, 0.05) is 11.9 Å². The molecule has 0 saturated heterocycles. The molecule has 0 aliphatic rings. The Hall–Kier alpha value is -3.51. The van der Waals surface area contributed by atoms with Gasteiger partial charge < -0.3 is 4.57 Å². The van der Waals surface area contributed by atoms with Gasteiger partial charge in [0.05, 0.1) is 32.7 Å². The highest BCUT2D eigenvalue weighted by Gasteiger charge is 2.18. The minimum atomic E-state index is -0.181. The summed E-state index contributed by atoms with van der Waals surface area (Å²) in [4.78, 5) is 23.9. The number of rotatable bonds is 5. The molecule has 0 spiro atoms. The van der Waals surface area contributed by atoms with Crippen molar-refractivity contribution in [2.75, 3.05) is 5.32 Å². The predicted molar refractivity (Wildman–Crippen MR) is 123 cm³/mol. The minimum absolute atomic E-state index is 0.181. The summed E-state index contributed by atoms with van der Waals surface area (Å²) in [5.41, 5.74) is 4.10. The second-order valence-electron chi connectivity index (χ2n) is 7.08. The molecule has 0 bridgehead atoms. The van der Waals surface area contributed by atoms with E-state index in [-0.39, 0.29) is 5.91 Å². The lowest BCUT2D eigenvalue weighted by molar-refractivity contribution is 0.102. The Morgan fingerprint density at radius 3 is 2.60 bits per heavy atom. The zero-order chi connectivity index (χ0) is 20.5. The highest BCUT2D eigenvalue weighted by atomic mass is 32.1. The fraction of sp³-hybridized carbons (Fsp3) is 0.125. The number of benzene rings is 2. The van der Waals surface area contributed by atoms with E-state index < -0.39 is 0 Å². The molecule has 0 radical (unpaired) electrons. The first-order valence-corrected chi connectivity index (χ1v) is 10.8. The normalized spacial score (nSPS) is 11.2. The van der Waals surface area contributed by atoms with Crippen molar-refractivity contribution in [1.82, 2.24) is 14.5 Å². The van der Waals surface area contributed by atoms with Crippen LogP contribution < -0.4 is 5.32 Å².